The molecule has 0 aromatic rings. The molecule has 68 valence electrons. The number of urea groups is 1. The van der Waals surface area contributed by atoms with Gasteiger partial charge in [0.25, 0.3) is 0 Å². The molecule has 1 saturated carbocycles. The zero-order valence-corrected chi connectivity index (χ0v) is 7.02. The maximum Gasteiger partial charge on any atom is 0.333 e. The smallest absolute Gasteiger partial charge is 0.333 e. The molecule has 1 fully saturated rings. The number of hydrogen-bond donors (Lipinski definition) is 3. The van der Waals surface area contributed by atoms with E-state index >= 15 is 0 Å². The van der Waals surface area contributed by atoms with Crippen molar-refractivity contribution in [2.45, 2.75) is 32.2 Å². The molecule has 1 aliphatic carbocycles. The van der Waals surface area contributed by atoms with Gasteiger partial charge in [-0.05, 0) is 12.8 Å². The summed E-state index contributed by atoms with van der Waals surface area (Å²) in [5.41, 5.74) is 4.52. The first kappa shape index (κ1) is 8.83. The Morgan fingerprint density at radius 2 is 2.00 bits per heavy atom. The number of hydrogen-bond acceptors (Lipinski definition) is 2. The molecule has 0 aromatic carbocycles. The molecule has 12 heavy (non-hydrogen) atoms. The SMILES string of the molecule is CCC(=O)NNC(=O)NC1CC1. The van der Waals surface area contributed by atoms with Gasteiger partial charge in [-0.25, -0.2) is 10.2 Å². The van der Waals surface area contributed by atoms with Gasteiger partial charge in [0.2, 0.25) is 5.91 Å². The first-order valence-electron chi connectivity index (χ1n) is 4.07. The van der Waals surface area contributed by atoms with Gasteiger partial charge in [-0.3, -0.25) is 10.2 Å². The number of carbonyl (C=O) groups excluding carboxylic acids is 2. The summed E-state index contributed by atoms with van der Waals surface area (Å²) in [6.07, 6.45) is 2.44. The van der Waals surface area contributed by atoms with E-state index in [1.807, 2.05) is 0 Å². The van der Waals surface area contributed by atoms with Crippen molar-refractivity contribution in [1.29, 1.82) is 0 Å². The summed E-state index contributed by atoms with van der Waals surface area (Å²) in [6.45, 7) is 1.72. The average molecular weight is 171 g/mol. The van der Waals surface area contributed by atoms with Gasteiger partial charge in [0.15, 0.2) is 0 Å². The molecule has 0 heterocycles. The highest BCUT2D eigenvalue weighted by Crippen LogP contribution is 2.17. The molecule has 3 N–H and O–H groups in total. The maximum absolute atomic E-state index is 10.9. The van der Waals surface area contributed by atoms with Crippen LogP contribution in [-0.4, -0.2) is 18.0 Å². The van der Waals surface area contributed by atoms with E-state index in [1.54, 1.807) is 6.92 Å². The van der Waals surface area contributed by atoms with E-state index in [9.17, 15) is 9.59 Å². The van der Waals surface area contributed by atoms with E-state index < -0.39 is 0 Å². The van der Waals surface area contributed by atoms with Crippen molar-refractivity contribution in [2.75, 3.05) is 0 Å². The van der Waals surface area contributed by atoms with Crippen LogP contribution in [0.2, 0.25) is 0 Å². The lowest BCUT2D eigenvalue weighted by Gasteiger charge is -2.06. The lowest BCUT2D eigenvalue weighted by atomic mass is 10.5. The van der Waals surface area contributed by atoms with Gasteiger partial charge in [-0.15, -0.1) is 0 Å². The molecule has 0 bridgehead atoms. The lowest BCUT2D eigenvalue weighted by molar-refractivity contribution is -0.121. The molecule has 1 rings (SSSR count). The summed E-state index contributed by atoms with van der Waals surface area (Å²) in [5.74, 6) is -0.194. The van der Waals surface area contributed by atoms with E-state index in [0.29, 0.717) is 12.5 Å². The van der Waals surface area contributed by atoms with Crippen LogP contribution in [0.4, 0.5) is 4.79 Å². The first-order chi connectivity index (χ1) is 5.72. The van der Waals surface area contributed by atoms with Crippen LogP contribution in [0.3, 0.4) is 0 Å². The average Bonchev–Trinajstić information content (AvgIpc) is 2.84. The van der Waals surface area contributed by atoms with Crippen molar-refractivity contribution < 1.29 is 9.59 Å². The Kier molecular flexibility index (Phi) is 2.90. The van der Waals surface area contributed by atoms with Crippen molar-refractivity contribution in [3.8, 4) is 0 Å². The molecule has 5 nitrogen and oxygen atoms in total. The fraction of sp³-hybridized carbons (Fsp3) is 0.714. The summed E-state index contributed by atoms with van der Waals surface area (Å²) >= 11 is 0. The molecule has 0 atom stereocenters. The van der Waals surface area contributed by atoms with E-state index in [-0.39, 0.29) is 11.9 Å². The molecule has 5 heteroatoms. The fourth-order valence-electron chi connectivity index (χ4n) is 0.664. The van der Waals surface area contributed by atoms with Crippen molar-refractivity contribution in [3.05, 3.63) is 0 Å². The third kappa shape index (κ3) is 3.23. The number of nitrogens with one attached hydrogen (secondary N) is 3. The normalized spacial score (nSPS) is 15.1. The molecule has 0 aromatic heterocycles. The van der Waals surface area contributed by atoms with Crippen LogP contribution in [0, 0.1) is 0 Å². The number of amides is 3. The van der Waals surface area contributed by atoms with E-state index in [1.165, 1.54) is 0 Å². The molecular weight excluding hydrogens is 158 g/mol. The Hall–Kier alpha value is -1.26. The van der Waals surface area contributed by atoms with Crippen molar-refractivity contribution in [3.63, 3.8) is 0 Å². The monoisotopic (exact) mass is 171 g/mol. The van der Waals surface area contributed by atoms with Gasteiger partial charge in [-0.2, -0.15) is 0 Å². The third-order valence-electron chi connectivity index (χ3n) is 1.55. The van der Waals surface area contributed by atoms with Gasteiger partial charge in [0.05, 0.1) is 0 Å². The van der Waals surface area contributed by atoms with Crippen LogP contribution in [0.1, 0.15) is 26.2 Å². The Balaban J connectivity index is 2.04. The summed E-state index contributed by atoms with van der Waals surface area (Å²) in [4.78, 5) is 21.5. The van der Waals surface area contributed by atoms with Crippen LogP contribution < -0.4 is 16.2 Å². The summed E-state index contributed by atoms with van der Waals surface area (Å²) in [5, 5.41) is 2.67. The van der Waals surface area contributed by atoms with Gasteiger partial charge in [0.1, 0.15) is 0 Å². The molecule has 0 aliphatic heterocycles. The van der Waals surface area contributed by atoms with Crippen LogP contribution in [-0.2, 0) is 4.79 Å². The minimum absolute atomic E-state index is 0.194. The second-order valence-corrected chi connectivity index (χ2v) is 2.77. The van der Waals surface area contributed by atoms with Crippen molar-refractivity contribution in [2.24, 2.45) is 0 Å². The topological polar surface area (TPSA) is 70.2 Å². The minimum atomic E-state index is -0.334. The molecule has 1 aliphatic rings. The van der Waals surface area contributed by atoms with Gasteiger partial charge in [-0.1, -0.05) is 6.92 Å². The zero-order chi connectivity index (χ0) is 8.97. The predicted molar refractivity (Wildman–Crippen MR) is 43.1 cm³/mol. The number of carbonyl (C=O) groups is 2. The second kappa shape index (κ2) is 3.94. The molecule has 0 unspecified atom stereocenters. The highest BCUT2D eigenvalue weighted by atomic mass is 16.2. The third-order valence-corrected chi connectivity index (χ3v) is 1.55. The molecule has 0 saturated heterocycles. The second-order valence-electron chi connectivity index (χ2n) is 2.77. The largest absolute Gasteiger partial charge is 0.334 e. The van der Waals surface area contributed by atoms with Crippen molar-refractivity contribution >= 4 is 11.9 Å². The van der Waals surface area contributed by atoms with Crippen LogP contribution in [0.15, 0.2) is 0 Å². The quantitative estimate of drug-likeness (QED) is 0.507. The van der Waals surface area contributed by atoms with E-state index in [0.717, 1.165) is 12.8 Å². The van der Waals surface area contributed by atoms with Gasteiger partial charge >= 0.3 is 6.03 Å². The molecule has 3 amide bonds. The first-order valence-corrected chi connectivity index (χ1v) is 4.07. The standard InChI is InChI=1S/C7H13N3O2/c1-2-6(11)9-10-7(12)8-5-3-4-5/h5H,2-4H2,1H3,(H,9,11)(H2,8,10,12). The number of rotatable bonds is 2. The Bertz CT molecular complexity index is 189. The zero-order valence-electron chi connectivity index (χ0n) is 7.02. The minimum Gasteiger partial charge on any atom is -0.334 e. The van der Waals surface area contributed by atoms with Crippen LogP contribution in [0.5, 0.6) is 0 Å². The maximum atomic E-state index is 10.9. The Morgan fingerprint density at radius 3 is 2.50 bits per heavy atom. The van der Waals surface area contributed by atoms with E-state index in [4.69, 9.17) is 0 Å². The Morgan fingerprint density at radius 1 is 1.33 bits per heavy atom. The van der Waals surface area contributed by atoms with Crippen molar-refractivity contribution in [1.82, 2.24) is 16.2 Å². The summed E-state index contributed by atoms with van der Waals surface area (Å²) in [6, 6.07) is -0.0252. The number of hydrazine groups is 1. The van der Waals surface area contributed by atoms with Crippen LogP contribution >= 0.6 is 0 Å². The van der Waals surface area contributed by atoms with Gasteiger partial charge < -0.3 is 5.32 Å². The van der Waals surface area contributed by atoms with Gasteiger partial charge in [0, 0.05) is 12.5 Å². The Labute approximate surface area is 70.9 Å². The highest BCUT2D eigenvalue weighted by Gasteiger charge is 2.22. The summed E-state index contributed by atoms with van der Waals surface area (Å²) in [7, 11) is 0. The predicted octanol–water partition coefficient (Wildman–Crippen LogP) is -0.111. The summed E-state index contributed by atoms with van der Waals surface area (Å²) < 4.78 is 0. The fourth-order valence-corrected chi connectivity index (χ4v) is 0.664. The molecule has 0 radical (unpaired) electrons. The van der Waals surface area contributed by atoms with E-state index in [2.05, 4.69) is 16.2 Å². The lowest BCUT2D eigenvalue weighted by Crippen LogP contribution is -2.47. The highest BCUT2D eigenvalue weighted by molar-refractivity contribution is 5.81. The van der Waals surface area contributed by atoms with Crippen LogP contribution in [0.25, 0.3) is 0 Å². The molecular formula is C7H13N3O2. The molecule has 0 spiro atoms.